The molecule has 0 aliphatic heterocycles. The van der Waals surface area contributed by atoms with Crippen LogP contribution in [-0.2, 0) is 11.3 Å². The Kier molecular flexibility index (Phi) is 5.86. The first-order chi connectivity index (χ1) is 8.17. The minimum Gasteiger partial charge on any atom is -0.458 e. The van der Waals surface area contributed by atoms with Crippen molar-refractivity contribution in [2.75, 3.05) is 20.3 Å². The molecule has 1 atom stereocenters. The molecule has 0 bridgehead atoms. The van der Waals surface area contributed by atoms with Crippen LogP contribution in [0.15, 0.2) is 6.20 Å². The van der Waals surface area contributed by atoms with E-state index < -0.39 is 0 Å². The molecular weight excluding hydrogens is 218 g/mol. The topological polar surface area (TPSA) is 56.3 Å². The standard InChI is InChI=1S/C12H21N3O2/c1-5-13-6-11-7-14-12(15-10(11)3)17-9(2)8-16-4/h7,9,13H,5-6,8H2,1-4H3. The Morgan fingerprint density at radius 2 is 2.24 bits per heavy atom. The largest absolute Gasteiger partial charge is 0.458 e. The van der Waals surface area contributed by atoms with Crippen molar-refractivity contribution in [2.45, 2.75) is 33.4 Å². The highest BCUT2D eigenvalue weighted by Crippen LogP contribution is 2.10. The summed E-state index contributed by atoms with van der Waals surface area (Å²) in [6.45, 7) is 8.21. The Bertz CT molecular complexity index is 345. The molecule has 1 N–H and O–H groups in total. The summed E-state index contributed by atoms with van der Waals surface area (Å²) in [4.78, 5) is 8.51. The first-order valence-corrected chi connectivity index (χ1v) is 5.86. The van der Waals surface area contributed by atoms with Crippen LogP contribution in [-0.4, -0.2) is 36.3 Å². The number of ether oxygens (including phenoxy) is 2. The molecule has 0 saturated carbocycles. The summed E-state index contributed by atoms with van der Waals surface area (Å²) in [6, 6.07) is 0.410. The summed E-state index contributed by atoms with van der Waals surface area (Å²) >= 11 is 0. The molecule has 1 unspecified atom stereocenters. The Balaban J connectivity index is 2.61. The van der Waals surface area contributed by atoms with Gasteiger partial charge in [0, 0.05) is 31.1 Å². The molecule has 0 saturated heterocycles. The minimum atomic E-state index is -0.0426. The lowest BCUT2D eigenvalue weighted by molar-refractivity contribution is 0.0853. The van der Waals surface area contributed by atoms with Gasteiger partial charge >= 0.3 is 6.01 Å². The first-order valence-electron chi connectivity index (χ1n) is 5.86. The van der Waals surface area contributed by atoms with Gasteiger partial charge in [0.2, 0.25) is 0 Å². The number of methoxy groups -OCH3 is 1. The van der Waals surface area contributed by atoms with Crippen molar-refractivity contribution in [1.82, 2.24) is 15.3 Å². The number of aromatic nitrogens is 2. The van der Waals surface area contributed by atoms with E-state index >= 15 is 0 Å². The molecule has 5 heteroatoms. The fourth-order valence-corrected chi connectivity index (χ4v) is 1.41. The second-order valence-electron chi connectivity index (χ2n) is 3.93. The van der Waals surface area contributed by atoms with Crippen LogP contribution >= 0.6 is 0 Å². The minimum absolute atomic E-state index is 0.0426. The lowest BCUT2D eigenvalue weighted by Crippen LogP contribution is -2.20. The molecule has 1 aromatic rings. The second-order valence-corrected chi connectivity index (χ2v) is 3.93. The van der Waals surface area contributed by atoms with Crippen LogP contribution in [0, 0.1) is 6.92 Å². The molecule has 17 heavy (non-hydrogen) atoms. The predicted molar refractivity (Wildman–Crippen MR) is 66.1 cm³/mol. The van der Waals surface area contributed by atoms with E-state index in [1.165, 1.54) is 0 Å². The number of nitrogens with zero attached hydrogens (tertiary/aromatic N) is 2. The van der Waals surface area contributed by atoms with Crippen LogP contribution in [0.4, 0.5) is 0 Å². The third-order valence-corrected chi connectivity index (χ3v) is 2.33. The monoisotopic (exact) mass is 239 g/mol. The van der Waals surface area contributed by atoms with Crippen LogP contribution in [0.5, 0.6) is 6.01 Å². The quantitative estimate of drug-likeness (QED) is 0.777. The third kappa shape index (κ3) is 4.66. The Labute approximate surface area is 103 Å². The summed E-state index contributed by atoms with van der Waals surface area (Å²) in [7, 11) is 1.64. The number of hydrogen-bond donors (Lipinski definition) is 1. The van der Waals surface area contributed by atoms with Gasteiger partial charge in [-0.1, -0.05) is 6.92 Å². The van der Waals surface area contributed by atoms with E-state index in [0.29, 0.717) is 12.6 Å². The Hall–Kier alpha value is -1.20. The van der Waals surface area contributed by atoms with Crippen molar-refractivity contribution in [3.63, 3.8) is 0 Å². The molecular formula is C12H21N3O2. The van der Waals surface area contributed by atoms with Crippen LogP contribution in [0.2, 0.25) is 0 Å². The lowest BCUT2D eigenvalue weighted by Gasteiger charge is -2.13. The smallest absolute Gasteiger partial charge is 0.316 e. The van der Waals surface area contributed by atoms with Crippen LogP contribution < -0.4 is 10.1 Å². The van der Waals surface area contributed by atoms with Crippen molar-refractivity contribution in [2.24, 2.45) is 0 Å². The molecule has 0 aliphatic carbocycles. The molecule has 0 fully saturated rings. The number of hydrogen-bond acceptors (Lipinski definition) is 5. The van der Waals surface area contributed by atoms with Gasteiger partial charge in [-0.25, -0.2) is 9.97 Å². The second kappa shape index (κ2) is 7.19. The highest BCUT2D eigenvalue weighted by molar-refractivity contribution is 5.17. The maximum atomic E-state index is 5.53. The summed E-state index contributed by atoms with van der Waals surface area (Å²) in [6.07, 6.45) is 1.76. The Morgan fingerprint density at radius 3 is 2.82 bits per heavy atom. The van der Waals surface area contributed by atoms with Crippen molar-refractivity contribution >= 4 is 0 Å². The van der Waals surface area contributed by atoms with Gasteiger partial charge in [-0.05, 0) is 20.4 Å². The van der Waals surface area contributed by atoms with E-state index in [4.69, 9.17) is 9.47 Å². The van der Waals surface area contributed by atoms with Crippen molar-refractivity contribution < 1.29 is 9.47 Å². The highest BCUT2D eigenvalue weighted by atomic mass is 16.5. The molecule has 0 aromatic carbocycles. The van der Waals surface area contributed by atoms with E-state index in [1.807, 2.05) is 13.8 Å². The summed E-state index contributed by atoms with van der Waals surface area (Å²) in [5.74, 6) is 0. The van der Waals surface area contributed by atoms with Crippen molar-refractivity contribution in [3.05, 3.63) is 17.5 Å². The molecule has 1 rings (SSSR count). The molecule has 5 nitrogen and oxygen atoms in total. The van der Waals surface area contributed by atoms with Crippen LogP contribution in [0.3, 0.4) is 0 Å². The predicted octanol–water partition coefficient (Wildman–Crippen LogP) is 1.31. The highest BCUT2D eigenvalue weighted by Gasteiger charge is 2.08. The summed E-state index contributed by atoms with van der Waals surface area (Å²) in [5, 5.41) is 3.25. The number of nitrogens with one attached hydrogen (secondary N) is 1. The zero-order chi connectivity index (χ0) is 12.7. The van der Waals surface area contributed by atoms with Gasteiger partial charge in [-0.3, -0.25) is 0 Å². The molecule has 0 radical (unpaired) electrons. The molecule has 0 spiro atoms. The Morgan fingerprint density at radius 1 is 1.47 bits per heavy atom. The van der Waals surface area contributed by atoms with E-state index in [2.05, 4.69) is 22.2 Å². The SMILES string of the molecule is CCNCc1cnc(OC(C)COC)nc1C. The van der Waals surface area contributed by atoms with Gasteiger partial charge in [0.05, 0.1) is 6.61 Å². The maximum absolute atomic E-state index is 5.53. The van der Waals surface area contributed by atoms with E-state index in [1.54, 1.807) is 13.3 Å². The number of rotatable bonds is 7. The fourth-order valence-electron chi connectivity index (χ4n) is 1.41. The van der Waals surface area contributed by atoms with Crippen LogP contribution in [0.25, 0.3) is 0 Å². The van der Waals surface area contributed by atoms with Crippen molar-refractivity contribution in [1.29, 1.82) is 0 Å². The van der Waals surface area contributed by atoms with Crippen molar-refractivity contribution in [3.8, 4) is 6.01 Å². The van der Waals surface area contributed by atoms with Gasteiger partial charge in [0.1, 0.15) is 6.10 Å². The average Bonchev–Trinajstić information content (AvgIpc) is 2.28. The lowest BCUT2D eigenvalue weighted by atomic mass is 10.2. The normalized spacial score (nSPS) is 12.5. The van der Waals surface area contributed by atoms with Gasteiger partial charge in [-0.2, -0.15) is 0 Å². The maximum Gasteiger partial charge on any atom is 0.316 e. The summed E-state index contributed by atoms with van der Waals surface area (Å²) in [5.41, 5.74) is 2.04. The fraction of sp³-hybridized carbons (Fsp3) is 0.667. The van der Waals surface area contributed by atoms with E-state index in [0.717, 1.165) is 24.3 Å². The average molecular weight is 239 g/mol. The van der Waals surface area contributed by atoms with Gasteiger partial charge in [0.25, 0.3) is 0 Å². The zero-order valence-electron chi connectivity index (χ0n) is 11.0. The zero-order valence-corrected chi connectivity index (χ0v) is 11.0. The van der Waals surface area contributed by atoms with Gasteiger partial charge in [-0.15, -0.1) is 0 Å². The third-order valence-electron chi connectivity index (χ3n) is 2.33. The molecule has 96 valence electrons. The first kappa shape index (κ1) is 13.9. The van der Waals surface area contributed by atoms with E-state index in [9.17, 15) is 0 Å². The van der Waals surface area contributed by atoms with Crippen LogP contribution in [0.1, 0.15) is 25.1 Å². The molecule has 0 amide bonds. The van der Waals surface area contributed by atoms with Gasteiger partial charge < -0.3 is 14.8 Å². The molecule has 0 aliphatic rings. The van der Waals surface area contributed by atoms with Gasteiger partial charge in [0.15, 0.2) is 0 Å². The summed E-state index contributed by atoms with van der Waals surface area (Å²) < 4.78 is 10.5. The molecule has 1 aromatic heterocycles. The molecule has 1 heterocycles. The van der Waals surface area contributed by atoms with E-state index in [-0.39, 0.29) is 6.10 Å². The number of aryl methyl sites for hydroxylation is 1.